The van der Waals surface area contributed by atoms with Crippen molar-refractivity contribution in [1.82, 2.24) is 5.32 Å². The highest BCUT2D eigenvalue weighted by Gasteiger charge is 2.45. The van der Waals surface area contributed by atoms with Gasteiger partial charge in [-0.05, 0) is 56.8 Å². The van der Waals surface area contributed by atoms with Gasteiger partial charge in [0.15, 0.2) is 0 Å². The van der Waals surface area contributed by atoms with E-state index in [1.165, 1.54) is 0 Å². The molecule has 2 nitrogen and oxygen atoms in total. The standard InChI is InChI=1S/C13H17Br2NO/c1-9(2)16-8-13(6-7-13)17-12-10(14)4-3-5-11(12)15/h3-5,9,16H,6-8H2,1-2H3. The zero-order valence-corrected chi connectivity index (χ0v) is 13.3. The molecule has 0 aromatic heterocycles. The van der Waals surface area contributed by atoms with E-state index in [1.54, 1.807) is 0 Å². The minimum Gasteiger partial charge on any atom is -0.484 e. The molecule has 0 aliphatic heterocycles. The molecule has 17 heavy (non-hydrogen) atoms. The summed E-state index contributed by atoms with van der Waals surface area (Å²) in [6.07, 6.45) is 2.25. The van der Waals surface area contributed by atoms with E-state index < -0.39 is 0 Å². The molecule has 0 spiro atoms. The first kappa shape index (κ1) is 13.4. The highest BCUT2D eigenvalue weighted by molar-refractivity contribution is 9.11. The third kappa shape index (κ3) is 3.46. The van der Waals surface area contributed by atoms with Gasteiger partial charge in [0, 0.05) is 12.6 Å². The van der Waals surface area contributed by atoms with Crippen molar-refractivity contribution in [2.45, 2.75) is 38.3 Å². The molecular formula is C13H17Br2NO. The normalized spacial score (nSPS) is 17.2. The summed E-state index contributed by atoms with van der Waals surface area (Å²) >= 11 is 7.06. The summed E-state index contributed by atoms with van der Waals surface area (Å²) in [7, 11) is 0. The van der Waals surface area contributed by atoms with Crippen LogP contribution in [0, 0.1) is 0 Å². The van der Waals surface area contributed by atoms with Gasteiger partial charge < -0.3 is 10.1 Å². The van der Waals surface area contributed by atoms with Gasteiger partial charge in [-0.2, -0.15) is 0 Å². The predicted octanol–water partition coefficient (Wildman–Crippen LogP) is 4.12. The first-order valence-corrected chi connectivity index (χ1v) is 7.47. The molecule has 1 saturated carbocycles. The third-order valence-corrected chi connectivity index (χ3v) is 4.13. The average molecular weight is 363 g/mol. The molecule has 1 aliphatic rings. The molecule has 0 radical (unpaired) electrons. The molecule has 0 atom stereocenters. The fraction of sp³-hybridized carbons (Fsp3) is 0.538. The predicted molar refractivity (Wildman–Crippen MR) is 77.6 cm³/mol. The van der Waals surface area contributed by atoms with Crippen LogP contribution in [0.15, 0.2) is 27.1 Å². The van der Waals surface area contributed by atoms with Gasteiger partial charge in [-0.25, -0.2) is 0 Å². The maximum Gasteiger partial charge on any atom is 0.148 e. The summed E-state index contributed by atoms with van der Waals surface area (Å²) in [4.78, 5) is 0. The molecular weight excluding hydrogens is 346 g/mol. The van der Waals surface area contributed by atoms with Crippen LogP contribution in [0.3, 0.4) is 0 Å². The Morgan fingerprint density at radius 2 is 1.88 bits per heavy atom. The first-order chi connectivity index (χ1) is 8.02. The van der Waals surface area contributed by atoms with E-state index in [4.69, 9.17) is 4.74 Å². The SMILES string of the molecule is CC(C)NCC1(Oc2c(Br)cccc2Br)CC1. The zero-order chi connectivity index (χ0) is 12.5. The second kappa shape index (κ2) is 5.29. The van der Waals surface area contributed by atoms with Crippen molar-refractivity contribution in [3.05, 3.63) is 27.1 Å². The third-order valence-electron chi connectivity index (χ3n) is 2.88. The van der Waals surface area contributed by atoms with Crippen molar-refractivity contribution in [2.75, 3.05) is 6.54 Å². The Morgan fingerprint density at radius 3 is 2.35 bits per heavy atom. The number of nitrogens with one attached hydrogen (secondary N) is 1. The molecule has 1 aromatic carbocycles. The number of halogens is 2. The lowest BCUT2D eigenvalue weighted by atomic mass is 10.3. The maximum absolute atomic E-state index is 6.17. The fourth-order valence-corrected chi connectivity index (χ4v) is 2.80. The molecule has 0 saturated heterocycles. The molecule has 0 amide bonds. The van der Waals surface area contributed by atoms with Crippen molar-refractivity contribution < 1.29 is 4.74 Å². The average Bonchev–Trinajstić information content (AvgIpc) is 3.02. The largest absolute Gasteiger partial charge is 0.484 e. The molecule has 1 aromatic rings. The molecule has 94 valence electrons. The van der Waals surface area contributed by atoms with Crippen LogP contribution < -0.4 is 10.1 Å². The van der Waals surface area contributed by atoms with Gasteiger partial charge in [-0.3, -0.25) is 0 Å². The lowest BCUT2D eigenvalue weighted by molar-refractivity contribution is 0.170. The molecule has 2 rings (SSSR count). The number of para-hydroxylation sites is 1. The smallest absolute Gasteiger partial charge is 0.148 e. The summed E-state index contributed by atoms with van der Waals surface area (Å²) in [5, 5.41) is 3.45. The van der Waals surface area contributed by atoms with E-state index in [1.807, 2.05) is 18.2 Å². The Hall–Kier alpha value is -0.0600. The van der Waals surface area contributed by atoms with Crippen molar-refractivity contribution >= 4 is 31.9 Å². The highest BCUT2D eigenvalue weighted by atomic mass is 79.9. The van der Waals surface area contributed by atoms with Gasteiger partial charge >= 0.3 is 0 Å². The van der Waals surface area contributed by atoms with Crippen LogP contribution in [0.25, 0.3) is 0 Å². The van der Waals surface area contributed by atoms with Gasteiger partial charge in [0.1, 0.15) is 11.4 Å². The van der Waals surface area contributed by atoms with Crippen LogP contribution in [0.5, 0.6) is 5.75 Å². The van der Waals surface area contributed by atoms with Gasteiger partial charge in [-0.15, -0.1) is 0 Å². The highest BCUT2D eigenvalue weighted by Crippen LogP contribution is 2.44. The van der Waals surface area contributed by atoms with Crippen molar-refractivity contribution in [1.29, 1.82) is 0 Å². The minimum atomic E-state index is -0.00331. The second-order valence-electron chi connectivity index (χ2n) is 4.87. The van der Waals surface area contributed by atoms with Gasteiger partial charge in [0.25, 0.3) is 0 Å². The van der Waals surface area contributed by atoms with E-state index in [0.29, 0.717) is 6.04 Å². The lowest BCUT2D eigenvalue weighted by Crippen LogP contribution is -2.37. The van der Waals surface area contributed by atoms with Crippen molar-refractivity contribution in [2.24, 2.45) is 0 Å². The minimum absolute atomic E-state index is 0.00331. The summed E-state index contributed by atoms with van der Waals surface area (Å²) in [5.41, 5.74) is -0.00331. The summed E-state index contributed by atoms with van der Waals surface area (Å²) < 4.78 is 8.17. The van der Waals surface area contributed by atoms with Crippen LogP contribution in [-0.4, -0.2) is 18.2 Å². The molecule has 1 N–H and O–H groups in total. The molecule has 0 heterocycles. The number of hydrogen-bond donors (Lipinski definition) is 1. The maximum atomic E-state index is 6.17. The first-order valence-electron chi connectivity index (χ1n) is 5.89. The summed E-state index contributed by atoms with van der Waals surface area (Å²) in [6, 6.07) is 6.50. The molecule has 4 heteroatoms. The molecule has 0 bridgehead atoms. The van der Waals surface area contributed by atoms with E-state index >= 15 is 0 Å². The molecule has 1 aliphatic carbocycles. The van der Waals surface area contributed by atoms with E-state index in [-0.39, 0.29) is 5.60 Å². The topological polar surface area (TPSA) is 21.3 Å². The number of rotatable bonds is 5. The summed E-state index contributed by atoms with van der Waals surface area (Å²) in [6.45, 7) is 5.23. The Labute approximate surface area is 119 Å². The van der Waals surface area contributed by atoms with Gasteiger partial charge in [0.05, 0.1) is 8.95 Å². The Morgan fingerprint density at radius 1 is 1.29 bits per heavy atom. The fourth-order valence-electron chi connectivity index (χ4n) is 1.64. The van der Waals surface area contributed by atoms with Crippen molar-refractivity contribution in [3.63, 3.8) is 0 Å². The van der Waals surface area contributed by atoms with Gasteiger partial charge in [-0.1, -0.05) is 19.9 Å². The van der Waals surface area contributed by atoms with E-state index in [0.717, 1.165) is 34.1 Å². The van der Waals surface area contributed by atoms with Crippen molar-refractivity contribution in [3.8, 4) is 5.75 Å². The zero-order valence-electron chi connectivity index (χ0n) is 10.1. The van der Waals surface area contributed by atoms with Crippen LogP contribution in [0.2, 0.25) is 0 Å². The Kier molecular flexibility index (Phi) is 4.16. The second-order valence-corrected chi connectivity index (χ2v) is 6.58. The quantitative estimate of drug-likeness (QED) is 0.850. The van der Waals surface area contributed by atoms with Gasteiger partial charge in [0.2, 0.25) is 0 Å². The monoisotopic (exact) mass is 361 g/mol. The van der Waals surface area contributed by atoms with Crippen LogP contribution in [0.1, 0.15) is 26.7 Å². The van der Waals surface area contributed by atoms with E-state index in [9.17, 15) is 0 Å². The molecule has 0 unspecified atom stereocenters. The number of benzene rings is 1. The van der Waals surface area contributed by atoms with Crippen LogP contribution in [0.4, 0.5) is 0 Å². The summed E-state index contributed by atoms with van der Waals surface area (Å²) in [5.74, 6) is 0.913. The number of hydrogen-bond acceptors (Lipinski definition) is 2. The van der Waals surface area contributed by atoms with Crippen LogP contribution >= 0.6 is 31.9 Å². The Bertz CT molecular complexity index is 382. The lowest BCUT2D eigenvalue weighted by Gasteiger charge is -2.21. The number of ether oxygens (including phenoxy) is 1. The van der Waals surface area contributed by atoms with Crippen LogP contribution in [-0.2, 0) is 0 Å². The Balaban J connectivity index is 2.05. The van der Waals surface area contributed by atoms with E-state index in [2.05, 4.69) is 51.0 Å². The molecule has 1 fully saturated rings.